The number of aromatic nitrogens is 2. The first kappa shape index (κ1) is 15.4. The molecule has 21 heavy (non-hydrogen) atoms. The average Bonchev–Trinajstić information content (AvgIpc) is 2.46. The van der Waals surface area contributed by atoms with E-state index in [0.717, 1.165) is 5.56 Å². The lowest BCUT2D eigenvalue weighted by Crippen LogP contribution is -2.28. The van der Waals surface area contributed by atoms with Gasteiger partial charge in [-0.3, -0.25) is 0 Å². The van der Waals surface area contributed by atoms with Gasteiger partial charge in [-0.1, -0.05) is 23.7 Å². The van der Waals surface area contributed by atoms with E-state index in [0.29, 0.717) is 17.5 Å². The number of benzene rings is 1. The molecule has 5 nitrogen and oxygen atoms in total. The normalized spacial score (nSPS) is 10.0. The highest BCUT2D eigenvalue weighted by Gasteiger charge is 2.05. The van der Waals surface area contributed by atoms with Crippen LogP contribution in [0.5, 0.6) is 5.88 Å². The summed E-state index contributed by atoms with van der Waals surface area (Å²) in [5, 5.41) is 6.32. The Morgan fingerprint density at radius 3 is 2.71 bits per heavy atom. The van der Waals surface area contributed by atoms with E-state index in [9.17, 15) is 4.39 Å². The van der Waals surface area contributed by atoms with E-state index in [1.165, 1.54) is 25.3 Å². The summed E-state index contributed by atoms with van der Waals surface area (Å²) in [5.41, 5.74) is 0.894. The van der Waals surface area contributed by atoms with Crippen LogP contribution in [0.25, 0.3) is 0 Å². The topological polar surface area (TPSA) is 59.1 Å². The number of halogens is 2. The van der Waals surface area contributed by atoms with Crippen molar-refractivity contribution in [1.82, 2.24) is 15.3 Å². The van der Waals surface area contributed by atoms with Crippen molar-refractivity contribution in [2.24, 2.45) is 0 Å². The molecule has 0 aliphatic heterocycles. The second-order valence-corrected chi connectivity index (χ2v) is 4.79. The van der Waals surface area contributed by atoms with Crippen molar-refractivity contribution in [3.63, 3.8) is 0 Å². The molecule has 0 spiro atoms. The molecule has 110 valence electrons. The van der Waals surface area contributed by atoms with Crippen LogP contribution in [0.4, 0.5) is 10.3 Å². The van der Waals surface area contributed by atoms with Gasteiger partial charge < -0.3 is 15.4 Å². The molecule has 8 heteroatoms. The minimum Gasteiger partial charge on any atom is -0.481 e. The van der Waals surface area contributed by atoms with Crippen LogP contribution in [-0.2, 0) is 6.54 Å². The summed E-state index contributed by atoms with van der Waals surface area (Å²) in [4.78, 5) is 8.03. The van der Waals surface area contributed by atoms with E-state index in [4.69, 9.17) is 28.6 Å². The molecule has 2 N–H and O–H groups in total. The molecule has 0 radical (unpaired) electrons. The van der Waals surface area contributed by atoms with Crippen LogP contribution in [0.2, 0.25) is 5.15 Å². The van der Waals surface area contributed by atoms with Crippen molar-refractivity contribution in [3.05, 3.63) is 46.9 Å². The number of nitrogens with zero attached hydrogens (tertiary/aromatic N) is 2. The molecule has 0 atom stereocenters. The predicted octanol–water partition coefficient (Wildman–Crippen LogP) is 2.76. The molecule has 0 amide bonds. The Balaban J connectivity index is 1.92. The summed E-state index contributed by atoms with van der Waals surface area (Å²) in [7, 11) is 1.48. The highest BCUT2D eigenvalue weighted by molar-refractivity contribution is 7.80. The maximum atomic E-state index is 12.8. The van der Waals surface area contributed by atoms with Gasteiger partial charge in [-0.2, -0.15) is 4.98 Å². The Morgan fingerprint density at radius 1 is 1.33 bits per heavy atom. The third-order valence-corrected chi connectivity index (χ3v) is 2.91. The van der Waals surface area contributed by atoms with Crippen LogP contribution in [-0.4, -0.2) is 22.2 Å². The van der Waals surface area contributed by atoms with E-state index < -0.39 is 0 Å². The number of rotatable bonds is 4. The molecule has 0 saturated heterocycles. The number of thiocarbonyl (C=S) groups is 1. The second-order valence-electron chi connectivity index (χ2n) is 3.99. The Morgan fingerprint density at radius 2 is 2.05 bits per heavy atom. The molecule has 1 aromatic heterocycles. The molecular formula is C13H12ClFN4OS. The van der Waals surface area contributed by atoms with Crippen LogP contribution < -0.4 is 15.4 Å². The van der Waals surface area contributed by atoms with Crippen LogP contribution in [0.3, 0.4) is 0 Å². The smallest absolute Gasteiger partial charge is 0.233 e. The molecule has 0 aliphatic rings. The quantitative estimate of drug-likeness (QED) is 0.665. The predicted molar refractivity (Wildman–Crippen MR) is 83.1 cm³/mol. The largest absolute Gasteiger partial charge is 0.481 e. The van der Waals surface area contributed by atoms with E-state index in [1.807, 2.05) is 0 Å². The number of methoxy groups -OCH3 is 1. The minimum atomic E-state index is -0.279. The van der Waals surface area contributed by atoms with E-state index in [2.05, 4.69) is 20.6 Å². The third-order valence-electron chi connectivity index (χ3n) is 2.47. The number of hydrogen-bond donors (Lipinski definition) is 2. The van der Waals surface area contributed by atoms with Crippen LogP contribution in [0, 0.1) is 5.82 Å². The minimum absolute atomic E-state index is 0.232. The van der Waals surface area contributed by atoms with E-state index in [-0.39, 0.29) is 16.9 Å². The maximum absolute atomic E-state index is 12.8. The SMILES string of the molecule is COc1cc(Cl)nc(NC(=S)NCc2ccc(F)cc2)n1. The summed E-state index contributed by atoms with van der Waals surface area (Å²) in [5.74, 6) is 0.286. The number of anilines is 1. The maximum Gasteiger partial charge on any atom is 0.233 e. The van der Waals surface area contributed by atoms with Gasteiger partial charge in [0.2, 0.25) is 11.8 Å². The van der Waals surface area contributed by atoms with Crippen LogP contribution in [0.1, 0.15) is 5.56 Å². The van der Waals surface area contributed by atoms with Gasteiger partial charge in [0.05, 0.1) is 7.11 Å². The molecular weight excluding hydrogens is 315 g/mol. The molecule has 1 aromatic carbocycles. The monoisotopic (exact) mass is 326 g/mol. The number of hydrogen-bond acceptors (Lipinski definition) is 4. The van der Waals surface area contributed by atoms with Gasteiger partial charge in [-0.25, -0.2) is 9.37 Å². The van der Waals surface area contributed by atoms with Crippen LogP contribution in [0.15, 0.2) is 30.3 Å². The van der Waals surface area contributed by atoms with Crippen molar-refractivity contribution in [1.29, 1.82) is 0 Å². The first-order valence-electron chi connectivity index (χ1n) is 5.94. The summed E-state index contributed by atoms with van der Waals surface area (Å²) in [6.07, 6.45) is 0. The lowest BCUT2D eigenvalue weighted by atomic mass is 10.2. The van der Waals surface area contributed by atoms with Gasteiger partial charge in [0.15, 0.2) is 5.11 Å². The lowest BCUT2D eigenvalue weighted by molar-refractivity contribution is 0.397. The zero-order valence-electron chi connectivity index (χ0n) is 11.1. The molecule has 1 heterocycles. The fraction of sp³-hybridized carbons (Fsp3) is 0.154. The van der Waals surface area contributed by atoms with Crippen molar-refractivity contribution < 1.29 is 9.13 Å². The Labute approximate surface area is 131 Å². The molecule has 2 aromatic rings. The molecule has 0 unspecified atom stereocenters. The van der Waals surface area contributed by atoms with Gasteiger partial charge in [0.1, 0.15) is 11.0 Å². The first-order valence-corrected chi connectivity index (χ1v) is 6.73. The first-order chi connectivity index (χ1) is 10.1. The summed E-state index contributed by atoms with van der Waals surface area (Å²) in [6, 6.07) is 7.60. The van der Waals surface area contributed by atoms with Crippen molar-refractivity contribution >= 4 is 34.9 Å². The molecule has 2 rings (SSSR count). The molecule has 0 saturated carbocycles. The van der Waals surface area contributed by atoms with Gasteiger partial charge in [0, 0.05) is 12.6 Å². The van der Waals surface area contributed by atoms with Gasteiger partial charge in [-0.15, -0.1) is 0 Å². The Bertz CT molecular complexity index is 639. The average molecular weight is 327 g/mol. The zero-order valence-corrected chi connectivity index (χ0v) is 12.6. The van der Waals surface area contributed by atoms with E-state index >= 15 is 0 Å². The lowest BCUT2D eigenvalue weighted by Gasteiger charge is -2.10. The van der Waals surface area contributed by atoms with E-state index in [1.54, 1.807) is 12.1 Å². The molecule has 0 fully saturated rings. The standard InChI is InChI=1S/C13H12ClFN4OS/c1-20-11-6-10(14)17-12(18-11)19-13(21)16-7-8-2-4-9(15)5-3-8/h2-6H,7H2,1H3,(H2,16,17,18,19,21). The summed E-state index contributed by atoms with van der Waals surface area (Å²) >= 11 is 11.0. The van der Waals surface area contributed by atoms with Gasteiger partial charge >= 0.3 is 0 Å². The highest BCUT2D eigenvalue weighted by Crippen LogP contribution is 2.15. The number of nitrogens with one attached hydrogen (secondary N) is 2. The highest BCUT2D eigenvalue weighted by atomic mass is 35.5. The van der Waals surface area contributed by atoms with Gasteiger partial charge in [0.25, 0.3) is 0 Å². The zero-order chi connectivity index (χ0) is 15.2. The fourth-order valence-electron chi connectivity index (χ4n) is 1.49. The summed E-state index contributed by atoms with van der Waals surface area (Å²) in [6.45, 7) is 0.448. The van der Waals surface area contributed by atoms with Crippen molar-refractivity contribution in [2.45, 2.75) is 6.54 Å². The van der Waals surface area contributed by atoms with Gasteiger partial charge in [-0.05, 0) is 29.9 Å². The second kappa shape index (κ2) is 7.14. The Kier molecular flexibility index (Phi) is 5.24. The summed E-state index contributed by atoms with van der Waals surface area (Å²) < 4.78 is 17.8. The Hall–Kier alpha value is -1.99. The van der Waals surface area contributed by atoms with Crippen LogP contribution >= 0.6 is 23.8 Å². The van der Waals surface area contributed by atoms with Crippen molar-refractivity contribution in [2.75, 3.05) is 12.4 Å². The number of ether oxygens (including phenoxy) is 1. The molecule has 0 aliphatic carbocycles. The van der Waals surface area contributed by atoms with Crippen molar-refractivity contribution in [3.8, 4) is 5.88 Å². The third kappa shape index (κ3) is 4.80. The molecule has 0 bridgehead atoms. The fourth-order valence-corrected chi connectivity index (χ4v) is 1.82.